The van der Waals surface area contributed by atoms with Gasteiger partial charge < -0.3 is 4.74 Å². The van der Waals surface area contributed by atoms with E-state index in [4.69, 9.17) is 20.5 Å². The van der Waals surface area contributed by atoms with Gasteiger partial charge in [0.05, 0.1) is 10.8 Å². The third kappa shape index (κ3) is 2.14. The number of rotatable bonds is 0. The summed E-state index contributed by atoms with van der Waals surface area (Å²) >= 11 is 6.19. The molecule has 4 atom stereocenters. The van der Waals surface area contributed by atoms with Crippen molar-refractivity contribution in [2.45, 2.75) is 37.9 Å². The number of benzene rings is 1. The Morgan fingerprint density at radius 2 is 2.00 bits per heavy atom. The molecule has 2 aliphatic carbocycles. The molecule has 1 aromatic rings. The van der Waals surface area contributed by atoms with Gasteiger partial charge in [-0.15, -0.1) is 0 Å². The molecule has 0 radical (unpaired) electrons. The maximum absolute atomic E-state index is 12.9. The average Bonchev–Trinajstić information content (AvgIpc) is 2.83. The number of halogens is 1. The number of ether oxygens (including phenoxy) is 1. The Balaban J connectivity index is 1.82. The Morgan fingerprint density at radius 1 is 1.19 bits per heavy atom. The van der Waals surface area contributed by atoms with E-state index in [0.717, 1.165) is 24.0 Å². The van der Waals surface area contributed by atoms with Crippen LogP contribution in [0.3, 0.4) is 0 Å². The second-order valence-electron chi connectivity index (χ2n) is 7.46. The van der Waals surface area contributed by atoms with Gasteiger partial charge in [0.15, 0.2) is 5.60 Å². The third-order valence-corrected chi connectivity index (χ3v) is 7.41. The molecular weight excluding hydrogens is 372 g/mol. The Kier molecular flexibility index (Phi) is 3.49. The van der Waals surface area contributed by atoms with Crippen molar-refractivity contribution in [1.82, 2.24) is 0 Å². The summed E-state index contributed by atoms with van der Waals surface area (Å²) in [5, 5.41) is 0.561. The molecule has 136 valence electrons. The van der Waals surface area contributed by atoms with Crippen LogP contribution < -0.4 is 4.74 Å². The largest absolute Gasteiger partial charge is 0.489 e. The van der Waals surface area contributed by atoms with Crippen LogP contribution in [0.5, 0.6) is 5.75 Å². The van der Waals surface area contributed by atoms with Crippen LogP contribution >= 0.6 is 11.6 Å². The highest BCUT2D eigenvalue weighted by Crippen LogP contribution is 2.60. The maximum Gasteiger partial charge on any atom is 0.298 e. The molecule has 26 heavy (non-hydrogen) atoms. The highest BCUT2D eigenvalue weighted by Gasteiger charge is 2.62. The number of fused-ring (bicyclic) bond motifs is 6. The molecule has 5 rings (SSSR count). The summed E-state index contributed by atoms with van der Waals surface area (Å²) in [4.78, 5) is 0.317. The first-order chi connectivity index (χ1) is 12.4. The molecule has 2 aliphatic heterocycles. The first-order valence-corrected chi connectivity index (χ1v) is 10.7. The third-order valence-electron chi connectivity index (χ3n) is 5.76. The fourth-order valence-electron chi connectivity index (χ4n) is 4.70. The molecule has 2 heterocycles. The van der Waals surface area contributed by atoms with Gasteiger partial charge in [-0.3, -0.25) is 0 Å². The zero-order valence-corrected chi connectivity index (χ0v) is 15.9. The minimum absolute atomic E-state index is 0.154. The molecule has 0 amide bonds. The van der Waals surface area contributed by atoms with E-state index in [2.05, 4.69) is 19.1 Å². The van der Waals surface area contributed by atoms with Crippen LogP contribution in [0, 0.1) is 11.8 Å². The fourth-order valence-corrected chi connectivity index (χ4v) is 6.41. The molecular formula is C20H19ClO4S. The van der Waals surface area contributed by atoms with Crippen LogP contribution in [-0.4, -0.2) is 14.5 Å². The van der Waals surface area contributed by atoms with E-state index >= 15 is 0 Å². The van der Waals surface area contributed by atoms with Crippen molar-refractivity contribution in [1.29, 1.82) is 0 Å². The minimum atomic E-state index is -3.80. The van der Waals surface area contributed by atoms with Crippen LogP contribution in [0.1, 0.15) is 31.7 Å². The SMILES string of the molecule is CC1C=C[C@H]2C(C1)Oc1cc(Cl)ccc1C21OS(=O)(=O)C2=CCCC=C21. The van der Waals surface area contributed by atoms with E-state index < -0.39 is 15.7 Å². The highest BCUT2D eigenvalue weighted by molar-refractivity contribution is 7.91. The zero-order chi connectivity index (χ0) is 18.1. The number of hydrogen-bond acceptors (Lipinski definition) is 4. The first kappa shape index (κ1) is 16.6. The van der Waals surface area contributed by atoms with E-state index in [0.29, 0.717) is 28.0 Å². The lowest BCUT2D eigenvalue weighted by Gasteiger charge is -2.46. The van der Waals surface area contributed by atoms with Gasteiger partial charge in [0.2, 0.25) is 0 Å². The summed E-state index contributed by atoms with van der Waals surface area (Å²) in [6.45, 7) is 2.13. The molecule has 4 nitrogen and oxygen atoms in total. The Labute approximate surface area is 158 Å². The average molecular weight is 391 g/mol. The Hall–Kier alpha value is -1.56. The van der Waals surface area contributed by atoms with E-state index in [1.807, 2.05) is 12.1 Å². The molecule has 0 aromatic heterocycles. The van der Waals surface area contributed by atoms with Crippen molar-refractivity contribution in [3.05, 3.63) is 63.6 Å². The smallest absolute Gasteiger partial charge is 0.298 e. The molecule has 6 heteroatoms. The quantitative estimate of drug-likeness (QED) is 0.484. The molecule has 1 saturated heterocycles. The first-order valence-electron chi connectivity index (χ1n) is 8.93. The van der Waals surface area contributed by atoms with Crippen LogP contribution in [0.4, 0.5) is 0 Å². The normalized spacial score (nSPS) is 36.5. The van der Waals surface area contributed by atoms with Gasteiger partial charge in [-0.1, -0.05) is 48.9 Å². The van der Waals surface area contributed by atoms with Crippen LogP contribution in [-0.2, 0) is 19.9 Å². The van der Waals surface area contributed by atoms with Gasteiger partial charge in [0, 0.05) is 16.2 Å². The standard InChI is InChI=1S/C20H19ClO4S/c1-12-6-8-14-17(10-12)24-18-11-13(21)7-9-15(18)20(14)16-4-2-3-5-19(16)26(22,23)25-20/h4-9,11-12,14,17H,2-3,10H2,1H3/t12?,14-,17?,20?/m0/s1. The summed E-state index contributed by atoms with van der Waals surface area (Å²) < 4.78 is 37.9. The maximum atomic E-state index is 12.9. The predicted molar refractivity (Wildman–Crippen MR) is 99.4 cm³/mol. The van der Waals surface area contributed by atoms with Gasteiger partial charge in [-0.2, -0.15) is 8.42 Å². The van der Waals surface area contributed by atoms with E-state index in [1.165, 1.54) is 0 Å². The van der Waals surface area contributed by atoms with Crippen molar-refractivity contribution >= 4 is 21.7 Å². The predicted octanol–water partition coefficient (Wildman–Crippen LogP) is 4.47. The van der Waals surface area contributed by atoms with Crippen molar-refractivity contribution < 1.29 is 17.3 Å². The molecule has 0 N–H and O–H groups in total. The van der Waals surface area contributed by atoms with Gasteiger partial charge in [-0.25, -0.2) is 4.18 Å². The molecule has 4 aliphatic rings. The number of allylic oxidation sites excluding steroid dienone is 3. The molecule has 1 spiro atoms. The zero-order valence-electron chi connectivity index (χ0n) is 14.3. The summed E-state index contributed by atoms with van der Waals surface area (Å²) in [5.41, 5.74) is 0.428. The van der Waals surface area contributed by atoms with Crippen molar-refractivity contribution in [2.75, 3.05) is 0 Å². The van der Waals surface area contributed by atoms with Crippen LogP contribution in [0.2, 0.25) is 5.02 Å². The molecule has 3 unspecified atom stereocenters. The van der Waals surface area contributed by atoms with E-state index in [1.54, 1.807) is 18.2 Å². The molecule has 0 saturated carbocycles. The molecule has 1 aromatic carbocycles. The fraction of sp³-hybridized carbons (Fsp3) is 0.400. The molecule has 0 bridgehead atoms. The minimum Gasteiger partial charge on any atom is -0.489 e. The number of hydrogen-bond donors (Lipinski definition) is 0. The lowest BCUT2D eigenvalue weighted by atomic mass is 9.67. The Bertz CT molecular complexity index is 991. The van der Waals surface area contributed by atoms with Gasteiger partial charge in [-0.05, 0) is 37.3 Å². The van der Waals surface area contributed by atoms with Crippen molar-refractivity contribution in [3.8, 4) is 5.75 Å². The second kappa shape index (κ2) is 5.47. The lowest BCUT2D eigenvalue weighted by molar-refractivity contribution is -0.0207. The summed E-state index contributed by atoms with van der Waals surface area (Å²) in [6.07, 6.45) is 10.2. The van der Waals surface area contributed by atoms with E-state index in [-0.39, 0.29) is 12.0 Å². The van der Waals surface area contributed by atoms with Crippen LogP contribution in [0.15, 0.2) is 53.0 Å². The van der Waals surface area contributed by atoms with Crippen molar-refractivity contribution in [2.24, 2.45) is 11.8 Å². The molecule has 1 fully saturated rings. The van der Waals surface area contributed by atoms with Crippen LogP contribution in [0.25, 0.3) is 0 Å². The van der Waals surface area contributed by atoms with Gasteiger partial charge >= 0.3 is 0 Å². The lowest BCUT2D eigenvalue weighted by Crippen LogP contribution is -2.50. The summed E-state index contributed by atoms with van der Waals surface area (Å²) in [5.74, 6) is 0.781. The summed E-state index contributed by atoms with van der Waals surface area (Å²) in [7, 11) is -3.80. The second-order valence-corrected chi connectivity index (χ2v) is 9.41. The Morgan fingerprint density at radius 3 is 2.85 bits per heavy atom. The van der Waals surface area contributed by atoms with Crippen molar-refractivity contribution in [3.63, 3.8) is 0 Å². The van der Waals surface area contributed by atoms with Gasteiger partial charge in [0.25, 0.3) is 10.1 Å². The monoisotopic (exact) mass is 390 g/mol. The highest BCUT2D eigenvalue weighted by atomic mass is 35.5. The van der Waals surface area contributed by atoms with E-state index in [9.17, 15) is 8.42 Å². The van der Waals surface area contributed by atoms with Gasteiger partial charge in [0.1, 0.15) is 11.9 Å². The summed E-state index contributed by atoms with van der Waals surface area (Å²) in [6, 6.07) is 5.37. The topological polar surface area (TPSA) is 52.6 Å².